The van der Waals surface area contributed by atoms with Gasteiger partial charge in [0.15, 0.2) is 6.86 Å². The quantitative estimate of drug-likeness (QED) is 0.620. The number of nitrogens with zero attached hydrogens (tertiary/aromatic N) is 2. The molecule has 8 heteroatoms. The predicted molar refractivity (Wildman–Crippen MR) is 103 cm³/mol. The van der Waals surface area contributed by atoms with Gasteiger partial charge in [0, 0.05) is 26.2 Å². The van der Waals surface area contributed by atoms with Crippen molar-refractivity contribution in [3.8, 4) is 5.88 Å². The van der Waals surface area contributed by atoms with E-state index in [0.29, 0.717) is 24.1 Å². The summed E-state index contributed by atoms with van der Waals surface area (Å²) in [6.45, 7) is 5.39. The number of hydrogen-bond donors (Lipinski definition) is 1. The maximum Gasteiger partial charge on any atom is 0.270 e. The Hall–Kier alpha value is -1.93. The minimum atomic E-state index is -0.823. The molecule has 2 heterocycles. The summed E-state index contributed by atoms with van der Waals surface area (Å²) in [6, 6.07) is 3.43. The fraction of sp³-hybridized carbons (Fsp3) is 0.700. The van der Waals surface area contributed by atoms with Crippen molar-refractivity contribution in [2.24, 2.45) is 11.8 Å². The summed E-state index contributed by atoms with van der Waals surface area (Å²) in [5.74, 6) is 0.791. The zero-order chi connectivity index (χ0) is 20.1. The van der Waals surface area contributed by atoms with Crippen LogP contribution in [0.4, 0.5) is 10.1 Å². The van der Waals surface area contributed by atoms with Crippen LogP contribution >= 0.6 is 0 Å². The molecular formula is C20H30FN3O4. The second kappa shape index (κ2) is 9.52. The number of nitrogens with one attached hydrogen (secondary N) is 1. The van der Waals surface area contributed by atoms with Gasteiger partial charge in [-0.25, -0.2) is 9.37 Å². The summed E-state index contributed by atoms with van der Waals surface area (Å²) < 4.78 is 28.2. The zero-order valence-electron chi connectivity index (χ0n) is 16.8. The standard InChI is InChI=1S/C20H30FN3O4/c1-13(10-27-12-21)14(2)22-19(25)17-6-7-18(24-8-16(9-24)26-3)20(23-17)28-11-15-4-5-15/h6-7,13-16H,4-5,8-12H2,1-3H3,(H,22,25)/t13?,14-/m0/s1. The summed E-state index contributed by atoms with van der Waals surface area (Å²) >= 11 is 0. The molecule has 1 aromatic rings. The Kier molecular flexibility index (Phi) is 7.07. The van der Waals surface area contributed by atoms with Crippen LogP contribution < -0.4 is 15.0 Å². The lowest BCUT2D eigenvalue weighted by Crippen LogP contribution is -2.52. The highest BCUT2D eigenvalue weighted by molar-refractivity contribution is 5.93. The van der Waals surface area contributed by atoms with Crippen LogP contribution in [0.1, 0.15) is 37.2 Å². The molecule has 1 aliphatic carbocycles. The average molecular weight is 395 g/mol. The summed E-state index contributed by atoms with van der Waals surface area (Å²) in [7, 11) is 1.71. The second-order valence-electron chi connectivity index (χ2n) is 7.76. The van der Waals surface area contributed by atoms with Crippen LogP contribution in [0.3, 0.4) is 0 Å². The minimum Gasteiger partial charge on any atom is -0.476 e. The minimum absolute atomic E-state index is 0.0170. The monoisotopic (exact) mass is 395 g/mol. The molecule has 1 saturated carbocycles. The molecular weight excluding hydrogens is 365 g/mol. The molecule has 1 unspecified atom stereocenters. The normalized spacial score (nSPS) is 19.1. The number of hydrogen-bond acceptors (Lipinski definition) is 6. The summed E-state index contributed by atoms with van der Waals surface area (Å²) in [4.78, 5) is 19.3. The first kappa shape index (κ1) is 20.8. The summed E-state index contributed by atoms with van der Waals surface area (Å²) in [6.07, 6.45) is 2.58. The lowest BCUT2D eigenvalue weighted by molar-refractivity contribution is 0.0315. The van der Waals surface area contributed by atoms with E-state index in [-0.39, 0.29) is 30.6 Å². The number of aromatic nitrogens is 1. The number of anilines is 1. The smallest absolute Gasteiger partial charge is 0.270 e. The number of rotatable bonds is 11. The van der Waals surface area contributed by atoms with Crippen molar-refractivity contribution in [3.05, 3.63) is 17.8 Å². The second-order valence-corrected chi connectivity index (χ2v) is 7.76. The average Bonchev–Trinajstić information content (AvgIpc) is 3.48. The van der Waals surface area contributed by atoms with Crippen molar-refractivity contribution in [2.45, 2.75) is 38.8 Å². The highest BCUT2D eigenvalue weighted by Gasteiger charge is 2.31. The molecule has 1 amide bonds. The molecule has 2 atom stereocenters. The number of amides is 1. The molecule has 7 nitrogen and oxygen atoms in total. The van der Waals surface area contributed by atoms with Gasteiger partial charge >= 0.3 is 0 Å². The SMILES string of the molecule is COC1CN(c2ccc(C(=O)N[C@@H](C)C(C)COCF)nc2OCC2CC2)C1. The van der Waals surface area contributed by atoms with E-state index in [1.165, 1.54) is 12.8 Å². The Bertz CT molecular complexity index is 665. The van der Waals surface area contributed by atoms with Gasteiger partial charge in [-0.15, -0.1) is 0 Å². The van der Waals surface area contributed by atoms with Gasteiger partial charge in [0.25, 0.3) is 5.91 Å². The maximum absolute atomic E-state index is 12.6. The molecule has 1 aliphatic heterocycles. The van der Waals surface area contributed by atoms with Crippen molar-refractivity contribution in [1.82, 2.24) is 10.3 Å². The lowest BCUT2D eigenvalue weighted by atomic mass is 10.0. The van der Waals surface area contributed by atoms with Crippen LogP contribution in [0.15, 0.2) is 12.1 Å². The lowest BCUT2D eigenvalue weighted by Gasteiger charge is -2.40. The van der Waals surface area contributed by atoms with Crippen LogP contribution in [0.5, 0.6) is 5.88 Å². The maximum atomic E-state index is 12.6. The molecule has 2 fully saturated rings. The van der Waals surface area contributed by atoms with E-state index in [2.05, 4.69) is 15.2 Å². The number of carbonyl (C=O) groups is 1. The molecule has 0 aromatic carbocycles. The number of carbonyl (C=O) groups excluding carboxylic acids is 1. The Morgan fingerprint density at radius 1 is 1.36 bits per heavy atom. The number of methoxy groups -OCH3 is 1. The Labute approximate surface area is 165 Å². The van der Waals surface area contributed by atoms with E-state index in [1.54, 1.807) is 13.2 Å². The topological polar surface area (TPSA) is 72.9 Å². The highest BCUT2D eigenvalue weighted by atomic mass is 19.1. The number of halogens is 1. The fourth-order valence-electron chi connectivity index (χ4n) is 2.97. The molecule has 3 rings (SSSR count). The largest absolute Gasteiger partial charge is 0.476 e. The summed E-state index contributed by atoms with van der Waals surface area (Å²) in [5, 5.41) is 2.91. The molecule has 1 aromatic heterocycles. The molecule has 2 aliphatic rings. The third-order valence-corrected chi connectivity index (χ3v) is 5.42. The molecule has 28 heavy (non-hydrogen) atoms. The van der Waals surface area contributed by atoms with Gasteiger partial charge in [-0.3, -0.25) is 4.79 Å². The van der Waals surface area contributed by atoms with Crippen molar-refractivity contribution < 1.29 is 23.4 Å². The van der Waals surface area contributed by atoms with Gasteiger partial charge in [-0.2, -0.15) is 0 Å². The van der Waals surface area contributed by atoms with Gasteiger partial charge < -0.3 is 24.4 Å². The van der Waals surface area contributed by atoms with Gasteiger partial charge in [0.05, 0.1) is 19.3 Å². The first-order valence-corrected chi connectivity index (χ1v) is 9.88. The first-order valence-electron chi connectivity index (χ1n) is 9.88. The van der Waals surface area contributed by atoms with E-state index < -0.39 is 6.86 Å². The van der Waals surface area contributed by atoms with Crippen molar-refractivity contribution in [2.75, 3.05) is 45.2 Å². The Morgan fingerprint density at radius 2 is 2.11 bits per heavy atom. The molecule has 0 spiro atoms. The first-order chi connectivity index (χ1) is 13.5. The van der Waals surface area contributed by atoms with E-state index in [1.807, 2.05) is 19.9 Å². The zero-order valence-corrected chi connectivity index (χ0v) is 16.8. The Balaban J connectivity index is 1.66. The summed E-state index contributed by atoms with van der Waals surface area (Å²) in [5.41, 5.74) is 1.20. The predicted octanol–water partition coefficient (Wildman–Crippen LogP) is 2.40. The van der Waals surface area contributed by atoms with Crippen LogP contribution in [0.2, 0.25) is 0 Å². The molecule has 1 saturated heterocycles. The number of alkyl halides is 1. The molecule has 0 radical (unpaired) electrons. The van der Waals surface area contributed by atoms with Crippen LogP contribution in [-0.2, 0) is 9.47 Å². The van der Waals surface area contributed by atoms with Crippen molar-refractivity contribution >= 4 is 11.6 Å². The number of pyridine rings is 1. The van der Waals surface area contributed by atoms with Crippen molar-refractivity contribution in [3.63, 3.8) is 0 Å². The van der Waals surface area contributed by atoms with Crippen LogP contribution in [0.25, 0.3) is 0 Å². The molecule has 1 N–H and O–H groups in total. The van der Waals surface area contributed by atoms with E-state index >= 15 is 0 Å². The van der Waals surface area contributed by atoms with E-state index in [9.17, 15) is 9.18 Å². The van der Waals surface area contributed by atoms with Gasteiger partial charge in [-0.05, 0) is 43.7 Å². The molecule has 156 valence electrons. The molecule has 0 bridgehead atoms. The highest BCUT2D eigenvalue weighted by Crippen LogP contribution is 2.34. The van der Waals surface area contributed by atoms with Crippen LogP contribution in [0, 0.1) is 11.8 Å². The third-order valence-electron chi connectivity index (χ3n) is 5.42. The van der Waals surface area contributed by atoms with Crippen LogP contribution in [-0.4, -0.2) is 63.3 Å². The van der Waals surface area contributed by atoms with E-state index in [0.717, 1.165) is 18.8 Å². The van der Waals surface area contributed by atoms with Crippen molar-refractivity contribution in [1.29, 1.82) is 0 Å². The number of ether oxygens (including phenoxy) is 3. The van der Waals surface area contributed by atoms with Gasteiger partial charge in [0.2, 0.25) is 5.88 Å². The third kappa shape index (κ3) is 5.32. The fourth-order valence-corrected chi connectivity index (χ4v) is 2.97. The van der Waals surface area contributed by atoms with Gasteiger partial charge in [-0.1, -0.05) is 6.92 Å². The van der Waals surface area contributed by atoms with E-state index in [4.69, 9.17) is 14.2 Å². The Morgan fingerprint density at radius 3 is 2.75 bits per heavy atom. The van der Waals surface area contributed by atoms with Gasteiger partial charge in [0.1, 0.15) is 11.4 Å².